The molecule has 0 spiro atoms. The summed E-state index contributed by atoms with van der Waals surface area (Å²) >= 11 is 0. The Labute approximate surface area is 85.3 Å². The van der Waals surface area contributed by atoms with Crippen molar-refractivity contribution in [1.29, 1.82) is 0 Å². The van der Waals surface area contributed by atoms with Crippen molar-refractivity contribution in [3.63, 3.8) is 0 Å². The molecule has 0 aromatic heterocycles. The van der Waals surface area contributed by atoms with Gasteiger partial charge in [-0.2, -0.15) is 0 Å². The minimum Gasteiger partial charge on any atom is -0.497 e. The van der Waals surface area contributed by atoms with E-state index in [9.17, 15) is 0 Å². The van der Waals surface area contributed by atoms with Crippen molar-refractivity contribution in [2.24, 2.45) is 0 Å². The number of rotatable bonds is 4. The molecule has 0 atom stereocenters. The Morgan fingerprint density at radius 3 is 2.00 bits per heavy atom. The van der Waals surface area contributed by atoms with Crippen LogP contribution in [0, 0.1) is 0 Å². The highest BCUT2D eigenvalue weighted by Gasteiger charge is 2.23. The van der Waals surface area contributed by atoms with E-state index in [2.05, 4.69) is 6.92 Å². The molecule has 0 fully saturated rings. The molecular weight excluding hydrogens is 180 g/mol. The molecule has 3 heteroatoms. The maximum atomic E-state index is 5.35. The minimum atomic E-state index is 0.748. The molecule has 0 aliphatic heterocycles. The first-order chi connectivity index (χ1) is 6.78. The summed E-state index contributed by atoms with van der Waals surface area (Å²) in [5.41, 5.74) is 1.30. The molecule has 3 nitrogen and oxygen atoms in total. The van der Waals surface area contributed by atoms with Gasteiger partial charge in [-0.15, -0.1) is 0 Å². The van der Waals surface area contributed by atoms with Gasteiger partial charge in [-0.1, -0.05) is 6.92 Å². The number of allylic oxidation sites excluding steroid dienone is 2. The monoisotopic (exact) mass is 198 g/mol. The molecule has 0 saturated heterocycles. The minimum absolute atomic E-state index is 0.748. The maximum Gasteiger partial charge on any atom is 0.198 e. The second-order valence-electron chi connectivity index (χ2n) is 3.15. The van der Waals surface area contributed by atoms with Crippen LogP contribution in [0.4, 0.5) is 0 Å². The molecule has 1 aliphatic carbocycles. The van der Waals surface area contributed by atoms with E-state index < -0.39 is 0 Å². The average Bonchev–Trinajstić information content (AvgIpc) is 2.26. The lowest BCUT2D eigenvalue weighted by atomic mass is 9.98. The van der Waals surface area contributed by atoms with Crippen LogP contribution in [0.5, 0.6) is 0 Å². The third-order valence-corrected chi connectivity index (χ3v) is 2.52. The molecule has 1 rings (SSSR count). The van der Waals surface area contributed by atoms with Gasteiger partial charge in [0, 0.05) is 6.42 Å². The summed E-state index contributed by atoms with van der Waals surface area (Å²) < 4.78 is 15.9. The molecule has 0 aromatic carbocycles. The van der Waals surface area contributed by atoms with Gasteiger partial charge in [0.15, 0.2) is 11.5 Å². The summed E-state index contributed by atoms with van der Waals surface area (Å²) in [5.74, 6) is 2.47. The summed E-state index contributed by atoms with van der Waals surface area (Å²) in [6, 6.07) is 0. The van der Waals surface area contributed by atoms with Crippen LogP contribution in [-0.4, -0.2) is 21.3 Å². The molecule has 0 radical (unpaired) electrons. The molecule has 0 aromatic rings. The Bertz CT molecular complexity index is 236. The lowest BCUT2D eigenvalue weighted by molar-refractivity contribution is 0.170. The van der Waals surface area contributed by atoms with Crippen molar-refractivity contribution >= 4 is 0 Å². The van der Waals surface area contributed by atoms with E-state index in [1.165, 1.54) is 5.57 Å². The first-order valence-corrected chi connectivity index (χ1v) is 4.85. The molecule has 0 unspecified atom stereocenters. The first-order valence-electron chi connectivity index (χ1n) is 4.85. The van der Waals surface area contributed by atoms with Crippen molar-refractivity contribution < 1.29 is 14.2 Å². The highest BCUT2D eigenvalue weighted by atomic mass is 16.5. The van der Waals surface area contributed by atoms with Crippen LogP contribution >= 0.6 is 0 Å². The summed E-state index contributed by atoms with van der Waals surface area (Å²) in [5, 5.41) is 0. The van der Waals surface area contributed by atoms with Gasteiger partial charge < -0.3 is 14.2 Å². The van der Waals surface area contributed by atoms with Gasteiger partial charge in [-0.3, -0.25) is 0 Å². The van der Waals surface area contributed by atoms with Gasteiger partial charge in [-0.25, -0.2) is 0 Å². The fourth-order valence-corrected chi connectivity index (χ4v) is 1.75. The highest BCUT2D eigenvalue weighted by Crippen LogP contribution is 2.32. The van der Waals surface area contributed by atoms with E-state index in [4.69, 9.17) is 14.2 Å². The van der Waals surface area contributed by atoms with Crippen molar-refractivity contribution in [1.82, 2.24) is 0 Å². The van der Waals surface area contributed by atoms with Gasteiger partial charge in [0.2, 0.25) is 0 Å². The fraction of sp³-hybridized carbons (Fsp3) is 0.636. The smallest absolute Gasteiger partial charge is 0.198 e. The summed E-state index contributed by atoms with van der Waals surface area (Å²) in [7, 11) is 4.98. The van der Waals surface area contributed by atoms with Crippen molar-refractivity contribution in [2.45, 2.75) is 26.2 Å². The van der Waals surface area contributed by atoms with E-state index in [1.54, 1.807) is 21.3 Å². The SMILES string of the molecule is CCC1=C(OC)C(OC)=C(OC)CC1. The summed E-state index contributed by atoms with van der Waals surface area (Å²) in [6.07, 6.45) is 2.89. The Morgan fingerprint density at radius 2 is 1.57 bits per heavy atom. The van der Waals surface area contributed by atoms with Gasteiger partial charge in [-0.05, 0) is 18.4 Å². The highest BCUT2D eigenvalue weighted by molar-refractivity contribution is 5.32. The zero-order chi connectivity index (χ0) is 10.6. The predicted molar refractivity (Wildman–Crippen MR) is 54.6 cm³/mol. The molecular formula is C11H18O3. The molecule has 0 amide bonds. The van der Waals surface area contributed by atoms with Crippen LogP contribution in [0.25, 0.3) is 0 Å². The van der Waals surface area contributed by atoms with Gasteiger partial charge in [0.25, 0.3) is 0 Å². The van der Waals surface area contributed by atoms with Crippen molar-refractivity contribution in [2.75, 3.05) is 21.3 Å². The number of hydrogen-bond donors (Lipinski definition) is 0. The fourth-order valence-electron chi connectivity index (χ4n) is 1.75. The van der Waals surface area contributed by atoms with E-state index in [1.807, 2.05) is 0 Å². The van der Waals surface area contributed by atoms with Gasteiger partial charge >= 0.3 is 0 Å². The third-order valence-electron chi connectivity index (χ3n) is 2.52. The van der Waals surface area contributed by atoms with Crippen LogP contribution < -0.4 is 0 Å². The first kappa shape index (κ1) is 11.0. The molecule has 14 heavy (non-hydrogen) atoms. The lowest BCUT2D eigenvalue weighted by Gasteiger charge is -2.22. The van der Waals surface area contributed by atoms with Crippen molar-refractivity contribution in [3.8, 4) is 0 Å². The van der Waals surface area contributed by atoms with E-state index in [0.29, 0.717) is 0 Å². The molecule has 1 aliphatic rings. The second-order valence-corrected chi connectivity index (χ2v) is 3.15. The number of methoxy groups -OCH3 is 3. The second kappa shape index (κ2) is 4.94. The van der Waals surface area contributed by atoms with E-state index >= 15 is 0 Å². The average molecular weight is 198 g/mol. The molecule has 0 N–H and O–H groups in total. The molecule has 0 saturated carbocycles. The predicted octanol–water partition coefficient (Wildman–Crippen LogP) is 2.60. The number of ether oxygens (including phenoxy) is 3. The van der Waals surface area contributed by atoms with Crippen LogP contribution in [0.1, 0.15) is 26.2 Å². The summed E-state index contributed by atoms with van der Waals surface area (Å²) in [6.45, 7) is 2.12. The van der Waals surface area contributed by atoms with Crippen LogP contribution in [0.2, 0.25) is 0 Å². The normalized spacial score (nSPS) is 17.1. The standard InChI is InChI=1S/C11H18O3/c1-5-8-6-7-9(12-2)11(14-4)10(8)13-3/h5-7H2,1-4H3. The van der Waals surface area contributed by atoms with Crippen LogP contribution in [-0.2, 0) is 14.2 Å². The lowest BCUT2D eigenvalue weighted by Crippen LogP contribution is -2.10. The maximum absolute atomic E-state index is 5.35. The molecule has 0 bridgehead atoms. The van der Waals surface area contributed by atoms with E-state index in [-0.39, 0.29) is 0 Å². The largest absolute Gasteiger partial charge is 0.497 e. The Hall–Kier alpha value is -1.12. The van der Waals surface area contributed by atoms with Crippen LogP contribution in [0.3, 0.4) is 0 Å². The molecule has 0 heterocycles. The Balaban J connectivity index is 3.08. The number of hydrogen-bond acceptors (Lipinski definition) is 3. The third kappa shape index (κ3) is 1.86. The summed E-state index contributed by atoms with van der Waals surface area (Å²) in [4.78, 5) is 0. The van der Waals surface area contributed by atoms with E-state index in [0.717, 1.165) is 36.5 Å². The Morgan fingerprint density at radius 1 is 0.929 bits per heavy atom. The quantitative estimate of drug-likeness (QED) is 0.695. The zero-order valence-electron chi connectivity index (χ0n) is 9.35. The van der Waals surface area contributed by atoms with Gasteiger partial charge in [0.05, 0.1) is 21.3 Å². The van der Waals surface area contributed by atoms with Gasteiger partial charge in [0.1, 0.15) is 5.76 Å². The zero-order valence-corrected chi connectivity index (χ0v) is 9.35. The topological polar surface area (TPSA) is 27.7 Å². The van der Waals surface area contributed by atoms with Crippen molar-refractivity contribution in [3.05, 3.63) is 22.9 Å². The Kier molecular flexibility index (Phi) is 3.86. The van der Waals surface area contributed by atoms with Crippen LogP contribution in [0.15, 0.2) is 22.9 Å². The molecule has 80 valence electrons.